The summed E-state index contributed by atoms with van der Waals surface area (Å²) in [6, 6.07) is 17.5. The molecule has 0 aliphatic carbocycles. The van der Waals surface area contributed by atoms with E-state index in [0.29, 0.717) is 20.8 Å². The average molecular weight is 446 g/mol. The Morgan fingerprint density at radius 1 is 1.06 bits per heavy atom. The summed E-state index contributed by atoms with van der Waals surface area (Å²) in [5, 5.41) is 0. The molecular formula is C24H15FN2O4S. The number of thiazole rings is 1. The fraction of sp³-hybridized carbons (Fsp3) is 0.0417. The monoisotopic (exact) mass is 446 g/mol. The van der Waals surface area contributed by atoms with Crippen molar-refractivity contribution in [1.29, 1.82) is 0 Å². The largest absolute Gasteiger partial charge is 0.493 e. The highest BCUT2D eigenvalue weighted by Crippen LogP contribution is 2.29. The van der Waals surface area contributed by atoms with Crippen molar-refractivity contribution in [3.8, 4) is 11.5 Å². The fourth-order valence-electron chi connectivity index (χ4n) is 3.37. The van der Waals surface area contributed by atoms with Crippen LogP contribution in [-0.2, 0) is 0 Å². The topological polar surface area (TPSA) is 69.9 Å². The number of hydrogen-bond acceptors (Lipinski definition) is 6. The normalized spacial score (nSPS) is 11.9. The van der Waals surface area contributed by atoms with Gasteiger partial charge in [0.15, 0.2) is 16.5 Å². The second-order valence-corrected chi connectivity index (χ2v) is 7.95. The molecule has 5 rings (SSSR count). The van der Waals surface area contributed by atoms with E-state index in [9.17, 15) is 14.0 Å². The fourth-order valence-corrected chi connectivity index (χ4v) is 4.35. The van der Waals surface area contributed by atoms with Crippen molar-refractivity contribution in [3.05, 3.63) is 98.6 Å². The minimum atomic E-state index is -0.631. The van der Waals surface area contributed by atoms with E-state index in [1.807, 2.05) is 24.3 Å². The summed E-state index contributed by atoms with van der Waals surface area (Å²) < 4.78 is 26.0. The van der Waals surface area contributed by atoms with Crippen molar-refractivity contribution in [2.45, 2.75) is 0 Å². The molecule has 0 aliphatic rings. The van der Waals surface area contributed by atoms with E-state index in [2.05, 4.69) is 4.98 Å². The van der Waals surface area contributed by atoms with Crippen LogP contribution in [0.15, 0.2) is 71.5 Å². The van der Waals surface area contributed by atoms with Crippen molar-refractivity contribution in [1.82, 2.24) is 9.38 Å². The Hall–Kier alpha value is -4.04. The molecule has 3 aromatic carbocycles. The van der Waals surface area contributed by atoms with Crippen LogP contribution in [0.3, 0.4) is 0 Å². The Kier molecular flexibility index (Phi) is 4.91. The number of ether oxygens (including phenoxy) is 2. The predicted molar refractivity (Wildman–Crippen MR) is 120 cm³/mol. The van der Waals surface area contributed by atoms with Gasteiger partial charge < -0.3 is 9.47 Å². The third kappa shape index (κ3) is 3.50. The first-order valence-electron chi connectivity index (χ1n) is 9.61. The third-order valence-electron chi connectivity index (χ3n) is 4.91. The van der Waals surface area contributed by atoms with E-state index in [4.69, 9.17) is 9.47 Å². The molecule has 6 nitrogen and oxygen atoms in total. The van der Waals surface area contributed by atoms with Crippen LogP contribution in [0.2, 0.25) is 0 Å². The highest BCUT2D eigenvalue weighted by atomic mass is 32.1. The molecule has 8 heteroatoms. The minimum absolute atomic E-state index is 0.149. The molecule has 158 valence electrons. The number of halogens is 1. The van der Waals surface area contributed by atoms with Gasteiger partial charge in [-0.05, 0) is 60.2 Å². The number of benzene rings is 3. The van der Waals surface area contributed by atoms with Crippen molar-refractivity contribution in [2.75, 3.05) is 7.11 Å². The number of para-hydroxylation sites is 2. The maximum Gasteiger partial charge on any atom is 0.343 e. The first-order valence-corrected chi connectivity index (χ1v) is 10.4. The molecule has 0 amide bonds. The molecule has 0 aliphatic heterocycles. The second kappa shape index (κ2) is 7.90. The molecule has 0 spiro atoms. The lowest BCUT2D eigenvalue weighted by Gasteiger charge is -2.10. The van der Waals surface area contributed by atoms with Gasteiger partial charge in [0.25, 0.3) is 5.56 Å². The Balaban J connectivity index is 1.49. The maximum atomic E-state index is 13.1. The summed E-state index contributed by atoms with van der Waals surface area (Å²) in [6.07, 6.45) is 1.74. The molecule has 0 N–H and O–H groups in total. The number of aromatic nitrogens is 2. The van der Waals surface area contributed by atoms with Gasteiger partial charge in [-0.15, -0.1) is 0 Å². The van der Waals surface area contributed by atoms with Crippen LogP contribution in [0.4, 0.5) is 4.39 Å². The lowest BCUT2D eigenvalue weighted by Crippen LogP contribution is -2.22. The van der Waals surface area contributed by atoms with Crippen LogP contribution >= 0.6 is 11.3 Å². The van der Waals surface area contributed by atoms with Crippen molar-refractivity contribution >= 4 is 39.4 Å². The third-order valence-corrected chi connectivity index (χ3v) is 5.88. The molecule has 5 aromatic rings. The minimum Gasteiger partial charge on any atom is -0.493 e. The molecule has 2 aromatic heterocycles. The highest BCUT2D eigenvalue weighted by molar-refractivity contribution is 7.15. The van der Waals surface area contributed by atoms with Crippen molar-refractivity contribution in [2.24, 2.45) is 0 Å². The van der Waals surface area contributed by atoms with Gasteiger partial charge in [-0.1, -0.05) is 29.5 Å². The molecule has 0 saturated carbocycles. The van der Waals surface area contributed by atoms with Gasteiger partial charge in [-0.25, -0.2) is 18.6 Å². The Morgan fingerprint density at radius 2 is 1.84 bits per heavy atom. The van der Waals surface area contributed by atoms with Gasteiger partial charge >= 0.3 is 5.97 Å². The van der Waals surface area contributed by atoms with Gasteiger partial charge in [0, 0.05) is 0 Å². The zero-order valence-corrected chi connectivity index (χ0v) is 17.6. The number of carbonyl (C=O) groups excluding carboxylic acids is 1. The van der Waals surface area contributed by atoms with Crippen LogP contribution in [0.1, 0.15) is 15.9 Å². The summed E-state index contributed by atoms with van der Waals surface area (Å²) in [5.41, 5.74) is 2.31. The summed E-state index contributed by atoms with van der Waals surface area (Å²) >= 11 is 1.30. The summed E-state index contributed by atoms with van der Waals surface area (Å²) in [7, 11) is 1.46. The molecule has 0 radical (unpaired) electrons. The van der Waals surface area contributed by atoms with Crippen LogP contribution < -0.4 is 19.6 Å². The molecule has 2 heterocycles. The highest BCUT2D eigenvalue weighted by Gasteiger charge is 2.14. The number of esters is 1. The van der Waals surface area contributed by atoms with Crippen LogP contribution in [0.25, 0.3) is 22.1 Å². The first kappa shape index (κ1) is 19.9. The maximum absolute atomic E-state index is 13.1. The summed E-state index contributed by atoms with van der Waals surface area (Å²) in [6.45, 7) is 0. The Labute approximate surface area is 184 Å². The summed E-state index contributed by atoms with van der Waals surface area (Å²) in [5.74, 6) is -0.527. The number of carbonyl (C=O) groups is 1. The predicted octanol–water partition coefficient (Wildman–Crippen LogP) is 3.82. The van der Waals surface area contributed by atoms with Gasteiger partial charge in [-0.3, -0.25) is 4.79 Å². The van der Waals surface area contributed by atoms with Crippen LogP contribution in [0, 0.1) is 5.82 Å². The number of hydrogen-bond donors (Lipinski definition) is 0. The number of imidazole rings is 1. The quantitative estimate of drug-likeness (QED) is 0.310. The zero-order chi connectivity index (χ0) is 22.2. The van der Waals surface area contributed by atoms with E-state index in [1.54, 1.807) is 28.7 Å². The molecule has 0 bridgehead atoms. The van der Waals surface area contributed by atoms with E-state index in [1.165, 1.54) is 42.7 Å². The van der Waals surface area contributed by atoms with Crippen molar-refractivity contribution in [3.63, 3.8) is 0 Å². The van der Waals surface area contributed by atoms with Gasteiger partial charge in [-0.2, -0.15) is 0 Å². The van der Waals surface area contributed by atoms with E-state index in [-0.39, 0.29) is 16.9 Å². The Morgan fingerprint density at radius 3 is 2.62 bits per heavy atom. The molecular weight excluding hydrogens is 431 g/mol. The summed E-state index contributed by atoms with van der Waals surface area (Å²) in [4.78, 5) is 30.4. The molecule has 0 unspecified atom stereocenters. The molecule has 0 saturated heterocycles. The van der Waals surface area contributed by atoms with Crippen LogP contribution in [-0.4, -0.2) is 22.5 Å². The smallest absolute Gasteiger partial charge is 0.343 e. The van der Waals surface area contributed by atoms with Gasteiger partial charge in [0.2, 0.25) is 0 Å². The number of rotatable bonds is 4. The van der Waals surface area contributed by atoms with Crippen LogP contribution in [0.5, 0.6) is 11.5 Å². The lowest BCUT2D eigenvalue weighted by molar-refractivity contribution is 0.0729. The number of methoxy groups -OCH3 is 1. The second-order valence-electron chi connectivity index (χ2n) is 6.94. The molecule has 0 atom stereocenters. The Bertz CT molecular complexity index is 1590. The van der Waals surface area contributed by atoms with E-state index >= 15 is 0 Å². The SMILES string of the molecule is COc1cc(/C=c2/sc3nc4ccccc4n3c2=O)ccc1OC(=O)c1ccc(F)cc1. The van der Waals surface area contributed by atoms with Gasteiger partial charge in [0.05, 0.1) is 28.2 Å². The van der Waals surface area contributed by atoms with Gasteiger partial charge in [0.1, 0.15) is 5.82 Å². The number of fused-ring (bicyclic) bond motifs is 3. The molecule has 32 heavy (non-hydrogen) atoms. The van der Waals surface area contributed by atoms with Crippen molar-refractivity contribution < 1.29 is 18.7 Å². The first-order chi connectivity index (χ1) is 15.5. The van der Waals surface area contributed by atoms with E-state index < -0.39 is 11.8 Å². The zero-order valence-electron chi connectivity index (χ0n) is 16.7. The standard InChI is InChI=1S/C24H15FN2O4S/c1-30-20-12-14(6-11-19(20)31-23(29)15-7-9-16(25)10-8-15)13-21-22(28)27-18-5-3-2-4-17(18)26-24(27)32-21/h2-13H,1H3/b21-13+. The lowest BCUT2D eigenvalue weighted by atomic mass is 10.2. The number of nitrogens with zero attached hydrogens (tertiary/aromatic N) is 2. The average Bonchev–Trinajstić information content (AvgIpc) is 3.31. The van der Waals surface area contributed by atoms with E-state index in [0.717, 1.165) is 11.0 Å². The molecule has 0 fully saturated rings.